The highest BCUT2D eigenvalue weighted by atomic mass is 32.1. The summed E-state index contributed by atoms with van der Waals surface area (Å²) < 4.78 is 5.35. The van der Waals surface area contributed by atoms with Gasteiger partial charge in [0.25, 0.3) is 0 Å². The van der Waals surface area contributed by atoms with Gasteiger partial charge in [-0.2, -0.15) is 12.6 Å². The second kappa shape index (κ2) is 4.56. The van der Waals surface area contributed by atoms with Crippen molar-refractivity contribution in [1.82, 2.24) is 0 Å². The van der Waals surface area contributed by atoms with E-state index in [1.165, 1.54) is 0 Å². The Morgan fingerprint density at radius 1 is 1.36 bits per heavy atom. The van der Waals surface area contributed by atoms with Gasteiger partial charge in [0.05, 0.1) is 5.92 Å². The van der Waals surface area contributed by atoms with Crippen molar-refractivity contribution < 1.29 is 9.53 Å². The van der Waals surface area contributed by atoms with Crippen molar-refractivity contribution in [3.63, 3.8) is 0 Å². The number of ether oxygens (including phenoxy) is 1. The Morgan fingerprint density at radius 2 is 2.00 bits per heavy atom. The molecule has 0 aromatic carbocycles. The van der Waals surface area contributed by atoms with Crippen LogP contribution < -0.4 is 0 Å². The topological polar surface area (TPSA) is 26.3 Å². The number of hydrogen-bond donors (Lipinski definition) is 1. The Bertz CT molecular complexity index is 208. The van der Waals surface area contributed by atoms with E-state index >= 15 is 0 Å². The third kappa shape index (κ3) is 3.91. The van der Waals surface area contributed by atoms with E-state index in [-0.39, 0.29) is 17.5 Å². The number of carbonyl (C=O) groups excluding carboxylic acids is 1. The molecule has 82 valence electrons. The fourth-order valence-corrected chi connectivity index (χ4v) is 2.20. The highest BCUT2D eigenvalue weighted by Gasteiger charge is 2.29. The Hall–Kier alpha value is -0.180. The summed E-state index contributed by atoms with van der Waals surface area (Å²) in [6.07, 6.45) is 4.06. The van der Waals surface area contributed by atoms with E-state index in [2.05, 4.69) is 12.6 Å². The molecule has 0 spiro atoms. The standard InChI is InChI=1S/C11H20O2S/c1-11(2,3)13-10(12)8-5-4-6-9(14)7-8/h8-9,14H,4-7H2,1-3H3. The number of hydrogen-bond acceptors (Lipinski definition) is 3. The van der Waals surface area contributed by atoms with Gasteiger partial charge in [-0.05, 0) is 40.0 Å². The minimum absolute atomic E-state index is 0.0451. The van der Waals surface area contributed by atoms with Crippen LogP contribution in [0.4, 0.5) is 0 Å². The average Bonchev–Trinajstić information content (AvgIpc) is 2.01. The van der Waals surface area contributed by atoms with Gasteiger partial charge < -0.3 is 4.74 Å². The van der Waals surface area contributed by atoms with Gasteiger partial charge in [-0.15, -0.1) is 0 Å². The van der Waals surface area contributed by atoms with Gasteiger partial charge >= 0.3 is 5.97 Å². The van der Waals surface area contributed by atoms with Crippen LogP contribution in [0.5, 0.6) is 0 Å². The lowest BCUT2D eigenvalue weighted by atomic mass is 9.89. The number of thiol groups is 1. The van der Waals surface area contributed by atoms with Gasteiger partial charge in [0.2, 0.25) is 0 Å². The second-order valence-corrected chi connectivity index (χ2v) is 5.78. The third-order valence-electron chi connectivity index (χ3n) is 2.39. The lowest BCUT2D eigenvalue weighted by molar-refractivity contribution is -0.161. The molecular formula is C11H20O2S. The number of esters is 1. The summed E-state index contributed by atoms with van der Waals surface area (Å²) in [4.78, 5) is 11.7. The van der Waals surface area contributed by atoms with Crippen molar-refractivity contribution >= 4 is 18.6 Å². The molecule has 0 amide bonds. The molecule has 3 heteroatoms. The molecule has 0 aromatic rings. The zero-order valence-electron chi connectivity index (χ0n) is 9.25. The van der Waals surface area contributed by atoms with Gasteiger partial charge in [0, 0.05) is 5.25 Å². The maximum absolute atomic E-state index is 11.7. The molecule has 1 aliphatic rings. The molecule has 2 nitrogen and oxygen atoms in total. The molecule has 0 N–H and O–H groups in total. The fourth-order valence-electron chi connectivity index (χ4n) is 1.76. The minimum Gasteiger partial charge on any atom is -0.460 e. The summed E-state index contributed by atoms with van der Waals surface area (Å²) in [5.41, 5.74) is -0.360. The predicted octanol–water partition coefficient (Wildman–Crippen LogP) is 2.82. The first-order valence-corrected chi connectivity index (χ1v) is 5.81. The first kappa shape index (κ1) is 11.9. The van der Waals surface area contributed by atoms with Crippen LogP contribution in [0.2, 0.25) is 0 Å². The third-order valence-corrected chi connectivity index (χ3v) is 2.86. The van der Waals surface area contributed by atoms with Gasteiger partial charge in [-0.3, -0.25) is 4.79 Å². The van der Waals surface area contributed by atoms with Crippen molar-refractivity contribution in [1.29, 1.82) is 0 Å². The zero-order valence-corrected chi connectivity index (χ0v) is 10.1. The largest absolute Gasteiger partial charge is 0.460 e. The van der Waals surface area contributed by atoms with Crippen LogP contribution in [0.25, 0.3) is 0 Å². The van der Waals surface area contributed by atoms with E-state index in [0.717, 1.165) is 25.7 Å². The van der Waals surface area contributed by atoms with E-state index in [0.29, 0.717) is 5.25 Å². The lowest BCUT2D eigenvalue weighted by Crippen LogP contribution is -2.31. The molecular weight excluding hydrogens is 196 g/mol. The fraction of sp³-hybridized carbons (Fsp3) is 0.909. The van der Waals surface area contributed by atoms with Gasteiger partial charge in [-0.25, -0.2) is 0 Å². The number of rotatable bonds is 1. The van der Waals surface area contributed by atoms with Gasteiger partial charge in [-0.1, -0.05) is 6.42 Å². The zero-order chi connectivity index (χ0) is 10.8. The van der Waals surface area contributed by atoms with Gasteiger partial charge in [0.15, 0.2) is 0 Å². The van der Waals surface area contributed by atoms with E-state index in [4.69, 9.17) is 4.74 Å². The van der Waals surface area contributed by atoms with E-state index in [9.17, 15) is 4.79 Å². The van der Waals surface area contributed by atoms with Crippen molar-refractivity contribution in [3.8, 4) is 0 Å². The average molecular weight is 216 g/mol. The predicted molar refractivity (Wildman–Crippen MR) is 60.6 cm³/mol. The number of carbonyl (C=O) groups is 1. The monoisotopic (exact) mass is 216 g/mol. The molecule has 1 saturated carbocycles. The van der Waals surface area contributed by atoms with Crippen molar-refractivity contribution in [2.24, 2.45) is 5.92 Å². The van der Waals surface area contributed by atoms with Crippen LogP contribution in [0.1, 0.15) is 46.5 Å². The maximum atomic E-state index is 11.7. The quantitative estimate of drug-likeness (QED) is 0.539. The highest BCUT2D eigenvalue weighted by molar-refractivity contribution is 7.80. The summed E-state index contributed by atoms with van der Waals surface area (Å²) >= 11 is 4.42. The van der Waals surface area contributed by atoms with Crippen molar-refractivity contribution in [2.75, 3.05) is 0 Å². The summed E-state index contributed by atoms with van der Waals surface area (Å²) in [5, 5.41) is 0.376. The molecule has 1 aliphatic carbocycles. The van der Waals surface area contributed by atoms with Crippen molar-refractivity contribution in [3.05, 3.63) is 0 Å². The molecule has 0 aromatic heterocycles. The van der Waals surface area contributed by atoms with Gasteiger partial charge in [0.1, 0.15) is 5.60 Å². The summed E-state index contributed by atoms with van der Waals surface area (Å²) in [6.45, 7) is 5.73. The molecule has 14 heavy (non-hydrogen) atoms. The summed E-state index contributed by atoms with van der Waals surface area (Å²) in [6, 6.07) is 0. The van der Waals surface area contributed by atoms with Crippen LogP contribution in [0.3, 0.4) is 0 Å². The SMILES string of the molecule is CC(C)(C)OC(=O)C1CCCC(S)C1. The molecule has 2 unspecified atom stereocenters. The molecule has 0 radical (unpaired) electrons. The highest BCUT2D eigenvalue weighted by Crippen LogP contribution is 2.29. The molecule has 0 saturated heterocycles. The smallest absolute Gasteiger partial charge is 0.309 e. The second-order valence-electron chi connectivity index (χ2n) is 5.05. The molecule has 1 fully saturated rings. The van der Waals surface area contributed by atoms with Crippen LogP contribution >= 0.6 is 12.6 Å². The first-order valence-electron chi connectivity index (χ1n) is 5.29. The Kier molecular flexibility index (Phi) is 3.87. The Balaban J connectivity index is 2.44. The van der Waals surface area contributed by atoms with E-state index in [1.54, 1.807) is 0 Å². The summed E-state index contributed by atoms with van der Waals surface area (Å²) in [5.74, 6) is 0.0294. The molecule has 2 atom stereocenters. The van der Waals surface area contributed by atoms with E-state index < -0.39 is 0 Å². The molecule has 1 rings (SSSR count). The van der Waals surface area contributed by atoms with Crippen molar-refractivity contribution in [2.45, 2.75) is 57.3 Å². The molecule has 0 bridgehead atoms. The normalized spacial score (nSPS) is 28.6. The minimum atomic E-state index is -0.360. The van der Waals surface area contributed by atoms with Crippen LogP contribution in [0.15, 0.2) is 0 Å². The van der Waals surface area contributed by atoms with Crippen LogP contribution in [-0.4, -0.2) is 16.8 Å². The molecule has 0 aliphatic heterocycles. The molecule has 0 heterocycles. The van der Waals surface area contributed by atoms with Crippen LogP contribution in [0, 0.1) is 5.92 Å². The summed E-state index contributed by atoms with van der Waals surface area (Å²) in [7, 11) is 0. The van der Waals surface area contributed by atoms with E-state index in [1.807, 2.05) is 20.8 Å². The Morgan fingerprint density at radius 3 is 2.50 bits per heavy atom. The first-order chi connectivity index (χ1) is 6.38. The Labute approximate surface area is 91.8 Å². The van der Waals surface area contributed by atoms with Crippen LogP contribution in [-0.2, 0) is 9.53 Å². The lowest BCUT2D eigenvalue weighted by Gasteiger charge is -2.28. The maximum Gasteiger partial charge on any atom is 0.309 e.